The standard InChI is InChI=1S/C15H20N2O3/c18-14(7-6-11-3-2-8-16-9-11)17-10-12-4-1-5-13(12)15(19)20/h2-3,8-9,12-13H,1,4-7,10H2,(H,17,18)(H,19,20). The minimum atomic E-state index is -0.739. The summed E-state index contributed by atoms with van der Waals surface area (Å²) in [6.45, 7) is 0.475. The van der Waals surface area contributed by atoms with Gasteiger partial charge in [-0.05, 0) is 36.8 Å². The minimum absolute atomic E-state index is 0.0232. The largest absolute Gasteiger partial charge is 0.481 e. The van der Waals surface area contributed by atoms with Crippen LogP contribution in [0.15, 0.2) is 24.5 Å². The van der Waals surface area contributed by atoms with Crippen molar-refractivity contribution in [1.82, 2.24) is 10.3 Å². The Bertz CT molecular complexity index is 461. The first-order valence-electron chi connectivity index (χ1n) is 7.05. The fraction of sp³-hybridized carbons (Fsp3) is 0.533. The second kappa shape index (κ2) is 7.03. The number of rotatable bonds is 6. The van der Waals surface area contributed by atoms with Crippen LogP contribution in [-0.4, -0.2) is 28.5 Å². The molecule has 0 bridgehead atoms. The third-order valence-corrected chi connectivity index (χ3v) is 3.90. The summed E-state index contributed by atoms with van der Waals surface area (Å²) in [4.78, 5) is 26.8. The highest BCUT2D eigenvalue weighted by atomic mass is 16.4. The van der Waals surface area contributed by atoms with Crippen molar-refractivity contribution in [3.63, 3.8) is 0 Å². The van der Waals surface area contributed by atoms with Crippen LogP contribution in [0.5, 0.6) is 0 Å². The first-order valence-corrected chi connectivity index (χ1v) is 7.05. The molecule has 1 aliphatic rings. The van der Waals surface area contributed by atoms with Gasteiger partial charge >= 0.3 is 5.97 Å². The van der Waals surface area contributed by atoms with Crippen LogP contribution >= 0.6 is 0 Å². The van der Waals surface area contributed by atoms with E-state index in [1.807, 2.05) is 12.1 Å². The van der Waals surface area contributed by atoms with Gasteiger partial charge in [-0.1, -0.05) is 12.5 Å². The molecule has 1 amide bonds. The lowest BCUT2D eigenvalue weighted by atomic mass is 9.96. The lowest BCUT2D eigenvalue weighted by molar-refractivity contribution is -0.143. The zero-order valence-electron chi connectivity index (χ0n) is 11.4. The summed E-state index contributed by atoms with van der Waals surface area (Å²) in [6, 6.07) is 3.79. The fourth-order valence-corrected chi connectivity index (χ4v) is 2.74. The van der Waals surface area contributed by atoms with E-state index < -0.39 is 5.97 Å². The number of nitrogens with one attached hydrogen (secondary N) is 1. The average molecular weight is 276 g/mol. The summed E-state index contributed by atoms with van der Waals surface area (Å²) >= 11 is 0. The monoisotopic (exact) mass is 276 g/mol. The maximum atomic E-state index is 11.8. The number of nitrogens with zero attached hydrogens (tertiary/aromatic N) is 1. The highest BCUT2D eigenvalue weighted by molar-refractivity contribution is 5.76. The number of carbonyl (C=O) groups excluding carboxylic acids is 1. The minimum Gasteiger partial charge on any atom is -0.481 e. The lowest BCUT2D eigenvalue weighted by Crippen LogP contribution is -2.33. The molecule has 1 fully saturated rings. The molecule has 0 saturated heterocycles. The number of aryl methyl sites for hydroxylation is 1. The Labute approximate surface area is 118 Å². The van der Waals surface area contributed by atoms with Gasteiger partial charge in [0.25, 0.3) is 0 Å². The van der Waals surface area contributed by atoms with Crippen LogP contribution < -0.4 is 5.32 Å². The molecule has 2 rings (SSSR count). The van der Waals surface area contributed by atoms with Gasteiger partial charge in [0.15, 0.2) is 0 Å². The fourth-order valence-electron chi connectivity index (χ4n) is 2.74. The van der Waals surface area contributed by atoms with Gasteiger partial charge in [-0.2, -0.15) is 0 Å². The van der Waals surface area contributed by atoms with Gasteiger partial charge in [0.05, 0.1) is 5.92 Å². The number of hydrogen-bond donors (Lipinski definition) is 2. The van der Waals surface area contributed by atoms with Gasteiger partial charge in [-0.25, -0.2) is 0 Å². The third kappa shape index (κ3) is 4.05. The van der Waals surface area contributed by atoms with Crippen molar-refractivity contribution in [3.8, 4) is 0 Å². The number of pyridine rings is 1. The topological polar surface area (TPSA) is 79.3 Å². The van der Waals surface area contributed by atoms with E-state index in [4.69, 9.17) is 5.11 Å². The van der Waals surface area contributed by atoms with Gasteiger partial charge in [0.2, 0.25) is 5.91 Å². The third-order valence-electron chi connectivity index (χ3n) is 3.90. The summed E-state index contributed by atoms with van der Waals surface area (Å²) < 4.78 is 0. The zero-order valence-corrected chi connectivity index (χ0v) is 11.4. The highest BCUT2D eigenvalue weighted by Crippen LogP contribution is 2.31. The van der Waals surface area contributed by atoms with Crippen LogP contribution in [0.1, 0.15) is 31.2 Å². The SMILES string of the molecule is O=C(CCc1cccnc1)NCC1CCCC1C(=O)O. The highest BCUT2D eigenvalue weighted by Gasteiger charge is 2.32. The number of carbonyl (C=O) groups is 2. The summed E-state index contributed by atoms with van der Waals surface area (Å²) in [7, 11) is 0. The van der Waals surface area contributed by atoms with Crippen LogP contribution in [-0.2, 0) is 16.0 Å². The second-order valence-corrected chi connectivity index (χ2v) is 5.30. The maximum Gasteiger partial charge on any atom is 0.306 e. The number of carboxylic acids is 1. The summed E-state index contributed by atoms with van der Waals surface area (Å²) in [5.74, 6) is -0.981. The van der Waals surface area contributed by atoms with Crippen molar-refractivity contribution in [2.24, 2.45) is 11.8 Å². The van der Waals surface area contributed by atoms with Gasteiger partial charge in [-0.3, -0.25) is 14.6 Å². The van der Waals surface area contributed by atoms with E-state index in [0.717, 1.165) is 24.8 Å². The number of amides is 1. The Morgan fingerprint density at radius 2 is 2.25 bits per heavy atom. The van der Waals surface area contributed by atoms with Crippen molar-refractivity contribution in [1.29, 1.82) is 0 Å². The zero-order chi connectivity index (χ0) is 14.4. The molecular weight excluding hydrogens is 256 g/mol. The van der Waals surface area contributed by atoms with Crippen LogP contribution in [0, 0.1) is 11.8 Å². The first kappa shape index (κ1) is 14.5. The molecule has 0 spiro atoms. The second-order valence-electron chi connectivity index (χ2n) is 5.30. The molecule has 2 unspecified atom stereocenters. The molecule has 0 radical (unpaired) electrons. The lowest BCUT2D eigenvalue weighted by Gasteiger charge is -2.16. The quantitative estimate of drug-likeness (QED) is 0.827. The predicted molar refractivity (Wildman–Crippen MR) is 74.0 cm³/mol. The molecule has 1 saturated carbocycles. The average Bonchev–Trinajstić information content (AvgIpc) is 2.92. The number of aromatic nitrogens is 1. The number of hydrogen-bond acceptors (Lipinski definition) is 3. The van der Waals surface area contributed by atoms with E-state index in [0.29, 0.717) is 19.4 Å². The summed E-state index contributed by atoms with van der Waals surface area (Å²) in [5, 5.41) is 11.9. The molecule has 1 heterocycles. The molecule has 5 nitrogen and oxygen atoms in total. The molecule has 0 aliphatic heterocycles. The van der Waals surface area contributed by atoms with Crippen molar-refractivity contribution >= 4 is 11.9 Å². The maximum absolute atomic E-state index is 11.8. The number of aliphatic carboxylic acids is 1. The Balaban J connectivity index is 1.71. The van der Waals surface area contributed by atoms with Crippen molar-refractivity contribution < 1.29 is 14.7 Å². The summed E-state index contributed by atoms with van der Waals surface area (Å²) in [5.41, 5.74) is 1.03. The Kier molecular flexibility index (Phi) is 5.09. The van der Waals surface area contributed by atoms with Crippen molar-refractivity contribution in [2.45, 2.75) is 32.1 Å². The molecule has 20 heavy (non-hydrogen) atoms. The van der Waals surface area contributed by atoms with E-state index >= 15 is 0 Å². The molecule has 0 aromatic carbocycles. The molecule has 2 atom stereocenters. The molecule has 1 aliphatic carbocycles. The molecule has 108 valence electrons. The molecule has 1 aromatic rings. The normalized spacial score (nSPS) is 21.6. The van der Waals surface area contributed by atoms with E-state index in [-0.39, 0.29) is 17.7 Å². The molecular formula is C15H20N2O3. The predicted octanol–water partition coefficient (Wildman–Crippen LogP) is 1.63. The molecule has 2 N–H and O–H groups in total. The molecule has 1 aromatic heterocycles. The van der Waals surface area contributed by atoms with E-state index in [9.17, 15) is 9.59 Å². The van der Waals surface area contributed by atoms with Gasteiger partial charge in [0.1, 0.15) is 0 Å². The first-order chi connectivity index (χ1) is 9.66. The summed E-state index contributed by atoms with van der Waals surface area (Å²) in [6.07, 6.45) is 7.09. The van der Waals surface area contributed by atoms with Gasteiger partial charge < -0.3 is 10.4 Å². The number of carboxylic acid groups (broad SMARTS) is 1. The van der Waals surface area contributed by atoms with E-state index in [1.54, 1.807) is 12.4 Å². The van der Waals surface area contributed by atoms with Crippen molar-refractivity contribution in [2.75, 3.05) is 6.54 Å². The van der Waals surface area contributed by atoms with Gasteiger partial charge in [0, 0.05) is 25.4 Å². The van der Waals surface area contributed by atoms with Crippen LogP contribution in [0.2, 0.25) is 0 Å². The Morgan fingerprint density at radius 1 is 1.40 bits per heavy atom. The Morgan fingerprint density at radius 3 is 2.95 bits per heavy atom. The molecule has 5 heteroatoms. The van der Waals surface area contributed by atoms with E-state index in [1.165, 1.54) is 0 Å². The van der Waals surface area contributed by atoms with E-state index in [2.05, 4.69) is 10.3 Å². The van der Waals surface area contributed by atoms with Crippen LogP contribution in [0.25, 0.3) is 0 Å². The van der Waals surface area contributed by atoms with Crippen LogP contribution in [0.3, 0.4) is 0 Å². The smallest absolute Gasteiger partial charge is 0.306 e. The Hall–Kier alpha value is -1.91. The van der Waals surface area contributed by atoms with Crippen LogP contribution in [0.4, 0.5) is 0 Å². The van der Waals surface area contributed by atoms with Crippen molar-refractivity contribution in [3.05, 3.63) is 30.1 Å². The van der Waals surface area contributed by atoms with Gasteiger partial charge in [-0.15, -0.1) is 0 Å².